The van der Waals surface area contributed by atoms with E-state index in [1.54, 1.807) is 0 Å². The Morgan fingerprint density at radius 2 is 1.96 bits per heavy atom. The molecule has 0 spiro atoms. The molecule has 1 saturated heterocycles. The van der Waals surface area contributed by atoms with Gasteiger partial charge >= 0.3 is 0 Å². The Hall–Kier alpha value is -2.21. The summed E-state index contributed by atoms with van der Waals surface area (Å²) in [5.74, 6) is -0.0730. The van der Waals surface area contributed by atoms with Crippen LogP contribution in [-0.4, -0.2) is 34.8 Å². The molecule has 0 atom stereocenters. The van der Waals surface area contributed by atoms with Crippen molar-refractivity contribution >= 4 is 28.8 Å². The molecule has 0 bridgehead atoms. The number of thiazole rings is 1. The predicted octanol–water partition coefficient (Wildman–Crippen LogP) is 3.70. The van der Waals surface area contributed by atoms with Crippen LogP contribution in [0, 0.1) is 6.92 Å². The van der Waals surface area contributed by atoms with Crippen molar-refractivity contribution in [3.8, 4) is 10.6 Å². The van der Waals surface area contributed by atoms with Gasteiger partial charge in [0.1, 0.15) is 10.7 Å². The van der Waals surface area contributed by atoms with E-state index >= 15 is 0 Å². The third kappa shape index (κ3) is 3.64. The summed E-state index contributed by atoms with van der Waals surface area (Å²) in [7, 11) is 0. The lowest BCUT2D eigenvalue weighted by molar-refractivity contribution is -0.114. The Balaban J connectivity index is 1.85. The minimum absolute atomic E-state index is 0.0349. The predicted molar refractivity (Wildman–Crippen MR) is 96.3 cm³/mol. The van der Waals surface area contributed by atoms with Crippen molar-refractivity contribution in [2.24, 2.45) is 0 Å². The first-order valence-corrected chi connectivity index (χ1v) is 9.01. The fourth-order valence-electron chi connectivity index (χ4n) is 2.90. The first-order valence-electron chi connectivity index (χ1n) is 8.19. The topological polar surface area (TPSA) is 62.3 Å². The van der Waals surface area contributed by atoms with Gasteiger partial charge in [-0.2, -0.15) is 0 Å². The number of nitrogens with one attached hydrogen (secondary N) is 1. The van der Waals surface area contributed by atoms with Gasteiger partial charge in [0.15, 0.2) is 0 Å². The van der Waals surface area contributed by atoms with Crippen LogP contribution in [0.15, 0.2) is 24.3 Å². The Morgan fingerprint density at radius 1 is 1.21 bits per heavy atom. The molecule has 0 aliphatic carbocycles. The van der Waals surface area contributed by atoms with Crippen LogP contribution < -0.4 is 5.32 Å². The van der Waals surface area contributed by atoms with E-state index in [4.69, 9.17) is 0 Å². The molecular formula is C18H21N3O2S. The van der Waals surface area contributed by atoms with Crippen LogP contribution in [0.5, 0.6) is 0 Å². The normalized spacial score (nSPS) is 14.5. The number of hydrogen-bond donors (Lipinski definition) is 1. The standard InChI is InChI=1S/C18H21N3O2S/c1-12-16(18(23)21-9-4-3-5-10-21)20-17(24-12)14-7-6-8-15(11-14)19-13(2)22/h6-8,11H,3-5,9-10H2,1-2H3,(H,19,22). The second-order valence-electron chi connectivity index (χ2n) is 6.04. The summed E-state index contributed by atoms with van der Waals surface area (Å²) in [5.41, 5.74) is 2.20. The van der Waals surface area contributed by atoms with E-state index < -0.39 is 0 Å². The smallest absolute Gasteiger partial charge is 0.273 e. The largest absolute Gasteiger partial charge is 0.337 e. The first-order chi connectivity index (χ1) is 11.5. The van der Waals surface area contributed by atoms with Crippen LogP contribution >= 0.6 is 11.3 Å². The zero-order valence-electron chi connectivity index (χ0n) is 14.0. The molecule has 5 nitrogen and oxygen atoms in total. The number of likely N-dealkylation sites (tertiary alicyclic amines) is 1. The van der Waals surface area contributed by atoms with Gasteiger partial charge in [-0.3, -0.25) is 9.59 Å². The van der Waals surface area contributed by atoms with E-state index in [0.29, 0.717) is 5.69 Å². The van der Waals surface area contributed by atoms with Crippen molar-refractivity contribution in [3.05, 3.63) is 34.8 Å². The number of carbonyl (C=O) groups excluding carboxylic acids is 2. The maximum Gasteiger partial charge on any atom is 0.273 e. The highest BCUT2D eigenvalue weighted by molar-refractivity contribution is 7.15. The number of piperidine rings is 1. The molecule has 1 aliphatic heterocycles. The molecule has 0 saturated carbocycles. The molecule has 1 aromatic heterocycles. The Labute approximate surface area is 145 Å². The van der Waals surface area contributed by atoms with Gasteiger partial charge in [0.25, 0.3) is 5.91 Å². The number of anilines is 1. The highest BCUT2D eigenvalue weighted by Crippen LogP contribution is 2.30. The summed E-state index contributed by atoms with van der Waals surface area (Å²) in [6.07, 6.45) is 3.34. The van der Waals surface area contributed by atoms with E-state index in [1.807, 2.05) is 36.1 Å². The fourth-order valence-corrected chi connectivity index (χ4v) is 3.80. The molecule has 2 heterocycles. The van der Waals surface area contributed by atoms with Crippen LogP contribution in [0.1, 0.15) is 41.6 Å². The van der Waals surface area contributed by atoms with Crippen LogP contribution in [0.4, 0.5) is 5.69 Å². The quantitative estimate of drug-likeness (QED) is 0.924. The van der Waals surface area contributed by atoms with Gasteiger partial charge in [-0.05, 0) is 38.3 Å². The zero-order chi connectivity index (χ0) is 17.1. The summed E-state index contributed by atoms with van der Waals surface area (Å²) >= 11 is 1.52. The summed E-state index contributed by atoms with van der Waals surface area (Å²) in [5, 5.41) is 3.58. The van der Waals surface area contributed by atoms with Crippen molar-refractivity contribution in [3.63, 3.8) is 0 Å². The SMILES string of the molecule is CC(=O)Nc1cccc(-c2nc(C(=O)N3CCCCC3)c(C)s2)c1. The maximum atomic E-state index is 12.7. The number of hydrogen-bond acceptors (Lipinski definition) is 4. The van der Waals surface area contributed by atoms with Crippen molar-refractivity contribution in [1.82, 2.24) is 9.88 Å². The number of carbonyl (C=O) groups is 2. The zero-order valence-corrected chi connectivity index (χ0v) is 14.8. The summed E-state index contributed by atoms with van der Waals surface area (Å²) in [6, 6.07) is 7.54. The second kappa shape index (κ2) is 7.13. The molecule has 24 heavy (non-hydrogen) atoms. The fraction of sp³-hybridized carbons (Fsp3) is 0.389. The lowest BCUT2D eigenvalue weighted by atomic mass is 10.1. The molecule has 2 amide bonds. The molecule has 1 aliphatic rings. The molecule has 2 aromatic rings. The van der Waals surface area contributed by atoms with E-state index in [1.165, 1.54) is 24.7 Å². The Morgan fingerprint density at radius 3 is 2.67 bits per heavy atom. The van der Waals surface area contributed by atoms with Crippen molar-refractivity contribution in [1.29, 1.82) is 0 Å². The molecule has 1 aromatic carbocycles. The second-order valence-corrected chi connectivity index (χ2v) is 7.24. The van der Waals surface area contributed by atoms with Gasteiger partial charge in [0.2, 0.25) is 5.91 Å². The third-order valence-corrected chi connectivity index (χ3v) is 5.09. The molecule has 126 valence electrons. The van der Waals surface area contributed by atoms with Crippen molar-refractivity contribution in [2.45, 2.75) is 33.1 Å². The number of rotatable bonds is 3. The number of benzene rings is 1. The minimum atomic E-state index is -0.108. The average Bonchev–Trinajstić information content (AvgIpc) is 2.96. The minimum Gasteiger partial charge on any atom is -0.337 e. The molecule has 3 rings (SSSR count). The summed E-state index contributed by atoms with van der Waals surface area (Å²) < 4.78 is 0. The van der Waals surface area contributed by atoms with Gasteiger partial charge in [-0.15, -0.1) is 11.3 Å². The molecule has 6 heteroatoms. The third-order valence-electron chi connectivity index (χ3n) is 4.07. The van der Waals surface area contributed by atoms with Crippen LogP contribution in [0.25, 0.3) is 10.6 Å². The van der Waals surface area contributed by atoms with Gasteiger partial charge in [0.05, 0.1) is 0 Å². The summed E-state index contributed by atoms with van der Waals surface area (Å²) in [4.78, 5) is 31.3. The summed E-state index contributed by atoms with van der Waals surface area (Å²) in [6.45, 7) is 5.07. The molecule has 1 N–H and O–H groups in total. The lowest BCUT2D eigenvalue weighted by Crippen LogP contribution is -2.36. The molecule has 0 unspecified atom stereocenters. The Kier molecular flexibility index (Phi) is 4.94. The molecular weight excluding hydrogens is 322 g/mol. The molecule has 0 radical (unpaired) electrons. The monoisotopic (exact) mass is 343 g/mol. The van der Waals surface area contributed by atoms with Gasteiger partial charge in [-0.25, -0.2) is 4.98 Å². The number of aromatic nitrogens is 1. The van der Waals surface area contributed by atoms with E-state index in [0.717, 1.165) is 47.1 Å². The van der Waals surface area contributed by atoms with Gasteiger partial charge < -0.3 is 10.2 Å². The van der Waals surface area contributed by atoms with E-state index in [2.05, 4.69) is 10.3 Å². The van der Waals surface area contributed by atoms with Crippen LogP contribution in [0.2, 0.25) is 0 Å². The van der Waals surface area contributed by atoms with Gasteiger partial charge in [0, 0.05) is 36.1 Å². The Bertz CT molecular complexity index is 763. The van der Waals surface area contributed by atoms with Gasteiger partial charge in [-0.1, -0.05) is 12.1 Å². The highest BCUT2D eigenvalue weighted by atomic mass is 32.1. The van der Waals surface area contributed by atoms with Crippen LogP contribution in [0.3, 0.4) is 0 Å². The van der Waals surface area contributed by atoms with E-state index in [-0.39, 0.29) is 11.8 Å². The average molecular weight is 343 g/mol. The lowest BCUT2D eigenvalue weighted by Gasteiger charge is -2.26. The number of nitrogens with zero attached hydrogens (tertiary/aromatic N) is 2. The maximum absolute atomic E-state index is 12.7. The highest BCUT2D eigenvalue weighted by Gasteiger charge is 2.23. The first kappa shape index (κ1) is 16.6. The van der Waals surface area contributed by atoms with E-state index in [9.17, 15) is 9.59 Å². The van der Waals surface area contributed by atoms with Crippen molar-refractivity contribution in [2.75, 3.05) is 18.4 Å². The van der Waals surface area contributed by atoms with Crippen LogP contribution in [-0.2, 0) is 4.79 Å². The van der Waals surface area contributed by atoms with Crippen molar-refractivity contribution < 1.29 is 9.59 Å². The number of amides is 2. The molecule has 1 fully saturated rings. The number of aryl methyl sites for hydroxylation is 1.